The van der Waals surface area contributed by atoms with Gasteiger partial charge in [0.25, 0.3) is 0 Å². The summed E-state index contributed by atoms with van der Waals surface area (Å²) >= 11 is 9.43. The number of carbonyl (C=O) groups is 2. The monoisotopic (exact) mass is 545 g/mol. The van der Waals surface area contributed by atoms with Gasteiger partial charge in [0.15, 0.2) is 11.5 Å². The molecule has 2 aromatic carbocycles. The number of carbonyl (C=O) groups excluding carboxylic acids is 2. The molecule has 0 aromatic heterocycles. The average Bonchev–Trinajstić information content (AvgIpc) is 2.81. The molecule has 1 N–H and O–H groups in total. The largest absolute Gasteiger partial charge is 0.503 e. The molecule has 0 saturated heterocycles. The Bertz CT molecular complexity index is 1200. The summed E-state index contributed by atoms with van der Waals surface area (Å²) in [4.78, 5) is 31.2. The van der Waals surface area contributed by atoms with Gasteiger partial charge in [-0.1, -0.05) is 23.7 Å². The van der Waals surface area contributed by atoms with Gasteiger partial charge in [-0.25, -0.2) is 4.79 Å². The van der Waals surface area contributed by atoms with Crippen molar-refractivity contribution in [2.45, 2.75) is 38.5 Å². The molecule has 3 atom stereocenters. The predicted molar refractivity (Wildman–Crippen MR) is 134 cm³/mol. The van der Waals surface area contributed by atoms with Gasteiger partial charge in [0.1, 0.15) is 5.78 Å². The number of halogens is 2. The van der Waals surface area contributed by atoms with Gasteiger partial charge in [0, 0.05) is 28.8 Å². The van der Waals surface area contributed by atoms with Gasteiger partial charge in [0.05, 0.1) is 29.7 Å². The normalized spacial score (nSPS) is 22.2. The Morgan fingerprint density at radius 1 is 1.18 bits per heavy atom. The highest BCUT2D eigenvalue weighted by atomic mass is 79.9. The van der Waals surface area contributed by atoms with Crippen LogP contribution in [0.4, 0.5) is 0 Å². The van der Waals surface area contributed by atoms with Gasteiger partial charge in [-0.2, -0.15) is 0 Å². The van der Waals surface area contributed by atoms with Crippen molar-refractivity contribution in [2.24, 2.45) is 10.9 Å². The Kier molecular flexibility index (Phi) is 7.14. The van der Waals surface area contributed by atoms with Crippen LogP contribution in [-0.4, -0.2) is 36.3 Å². The molecule has 0 amide bonds. The Hall–Kier alpha value is -2.64. The van der Waals surface area contributed by atoms with E-state index in [0.717, 1.165) is 11.3 Å². The maximum Gasteiger partial charge on any atom is 0.336 e. The summed E-state index contributed by atoms with van der Waals surface area (Å²) in [6.07, 6.45) is 0.921. The second kappa shape index (κ2) is 9.92. The first-order valence-corrected chi connectivity index (χ1v) is 12.2. The minimum Gasteiger partial charge on any atom is -0.503 e. The summed E-state index contributed by atoms with van der Waals surface area (Å²) < 4.78 is 11.1. The van der Waals surface area contributed by atoms with Crippen LogP contribution in [0.2, 0.25) is 5.02 Å². The van der Waals surface area contributed by atoms with E-state index in [4.69, 9.17) is 26.1 Å². The molecule has 178 valence electrons. The van der Waals surface area contributed by atoms with Gasteiger partial charge in [-0.3, -0.25) is 9.79 Å². The number of benzene rings is 2. The zero-order valence-corrected chi connectivity index (χ0v) is 21.4. The van der Waals surface area contributed by atoms with Crippen LogP contribution in [0.25, 0.3) is 0 Å². The Morgan fingerprint density at radius 3 is 2.53 bits per heavy atom. The van der Waals surface area contributed by atoms with E-state index in [9.17, 15) is 14.7 Å². The van der Waals surface area contributed by atoms with Crippen LogP contribution >= 0.6 is 27.5 Å². The van der Waals surface area contributed by atoms with Crippen molar-refractivity contribution in [2.75, 3.05) is 13.7 Å². The van der Waals surface area contributed by atoms with Crippen LogP contribution in [0.15, 0.2) is 57.1 Å². The van der Waals surface area contributed by atoms with E-state index < -0.39 is 17.8 Å². The number of methoxy groups -OCH3 is 1. The number of hydrogen-bond acceptors (Lipinski definition) is 6. The molecule has 1 saturated carbocycles. The molecule has 34 heavy (non-hydrogen) atoms. The van der Waals surface area contributed by atoms with E-state index in [-0.39, 0.29) is 23.2 Å². The Balaban J connectivity index is 1.82. The van der Waals surface area contributed by atoms with Crippen molar-refractivity contribution in [3.8, 4) is 11.5 Å². The SMILES string of the molecule is CCOc1cc([C@H]2C(C(=O)OC)=C(C)N=C3C[C@@H](c4ccc(Cl)cc4)CC(=O)C32)cc(Br)c1O. The topological polar surface area (TPSA) is 85.2 Å². The van der Waals surface area contributed by atoms with Gasteiger partial charge in [0.2, 0.25) is 0 Å². The maximum absolute atomic E-state index is 13.6. The fourth-order valence-electron chi connectivity index (χ4n) is 4.92. The second-order valence-corrected chi connectivity index (χ2v) is 9.75. The molecule has 1 aliphatic heterocycles. The molecule has 1 heterocycles. The summed E-state index contributed by atoms with van der Waals surface area (Å²) in [7, 11) is 1.32. The predicted octanol–water partition coefficient (Wildman–Crippen LogP) is 5.95. The smallest absolute Gasteiger partial charge is 0.336 e. The van der Waals surface area contributed by atoms with E-state index >= 15 is 0 Å². The number of phenols is 1. The molecule has 1 aliphatic carbocycles. The van der Waals surface area contributed by atoms with Crippen LogP contribution in [0, 0.1) is 5.92 Å². The van der Waals surface area contributed by atoms with E-state index in [1.54, 1.807) is 19.1 Å². The lowest BCUT2D eigenvalue weighted by Gasteiger charge is -2.38. The molecule has 2 aliphatic rings. The number of ketones is 1. The van der Waals surface area contributed by atoms with Crippen LogP contribution in [0.1, 0.15) is 49.7 Å². The third kappa shape index (κ3) is 4.51. The average molecular weight is 547 g/mol. The molecule has 8 heteroatoms. The van der Waals surface area contributed by atoms with Crippen molar-refractivity contribution in [3.63, 3.8) is 0 Å². The van der Waals surface area contributed by atoms with E-state index in [2.05, 4.69) is 15.9 Å². The minimum absolute atomic E-state index is 0.00557. The standard InChI is InChI=1S/C26H25BrClNO5/c1-4-34-21-12-16(9-18(27)25(21)31)23-22(26(32)33-3)13(2)29-19-10-15(11-20(30)24(19)23)14-5-7-17(28)8-6-14/h5-9,12,15,23-24,31H,4,10-11H2,1-3H3/t15-,23+,24?/m1/s1. The lowest BCUT2D eigenvalue weighted by atomic mass is 9.66. The van der Waals surface area contributed by atoms with E-state index in [1.807, 2.05) is 31.2 Å². The number of hydrogen-bond donors (Lipinski definition) is 1. The number of fused-ring (bicyclic) bond motifs is 1. The fourth-order valence-corrected chi connectivity index (χ4v) is 5.51. The van der Waals surface area contributed by atoms with Crippen molar-refractivity contribution < 1.29 is 24.2 Å². The highest BCUT2D eigenvalue weighted by molar-refractivity contribution is 9.10. The molecule has 0 radical (unpaired) electrons. The summed E-state index contributed by atoms with van der Waals surface area (Å²) in [5, 5.41) is 11.1. The number of ether oxygens (including phenoxy) is 2. The highest BCUT2D eigenvalue weighted by Gasteiger charge is 2.46. The molecule has 1 unspecified atom stereocenters. The number of rotatable bonds is 5. The summed E-state index contributed by atoms with van der Waals surface area (Å²) in [5.41, 5.74) is 3.31. The summed E-state index contributed by atoms with van der Waals surface area (Å²) in [5.74, 6) is -1.50. The van der Waals surface area contributed by atoms with Gasteiger partial charge >= 0.3 is 5.97 Å². The third-order valence-corrected chi connectivity index (χ3v) is 7.27. The number of Topliss-reactive ketones (excluding diaryl/α,β-unsaturated/α-hetero) is 1. The molecular weight excluding hydrogens is 522 g/mol. The van der Waals surface area contributed by atoms with Crippen LogP contribution < -0.4 is 4.74 Å². The number of allylic oxidation sites excluding steroid dienone is 1. The first kappa shape index (κ1) is 24.5. The molecule has 1 fully saturated rings. The number of aromatic hydroxyl groups is 1. The number of nitrogens with zero attached hydrogens (tertiary/aromatic N) is 1. The van der Waals surface area contributed by atoms with Crippen LogP contribution in [0.3, 0.4) is 0 Å². The molecular formula is C26H25BrClNO5. The number of aliphatic imine (C=N–C) groups is 1. The second-order valence-electron chi connectivity index (χ2n) is 8.45. The molecule has 6 nitrogen and oxygen atoms in total. The zero-order chi connectivity index (χ0) is 24.6. The third-order valence-electron chi connectivity index (χ3n) is 6.41. The van der Waals surface area contributed by atoms with Gasteiger partial charge < -0.3 is 14.6 Å². The van der Waals surface area contributed by atoms with Crippen molar-refractivity contribution in [1.29, 1.82) is 0 Å². The fraction of sp³-hybridized carbons (Fsp3) is 0.346. The van der Waals surface area contributed by atoms with Gasteiger partial charge in [-0.05, 0) is 77.5 Å². The van der Waals surface area contributed by atoms with E-state index in [0.29, 0.717) is 45.8 Å². The lowest BCUT2D eigenvalue weighted by Crippen LogP contribution is -2.41. The first-order chi connectivity index (χ1) is 16.2. The first-order valence-electron chi connectivity index (χ1n) is 11.0. The number of esters is 1. The summed E-state index contributed by atoms with van der Waals surface area (Å²) in [6.45, 7) is 3.93. The van der Waals surface area contributed by atoms with E-state index in [1.165, 1.54) is 7.11 Å². The lowest BCUT2D eigenvalue weighted by molar-refractivity contribution is -0.136. The minimum atomic E-state index is -0.604. The van der Waals surface area contributed by atoms with Crippen LogP contribution in [-0.2, 0) is 14.3 Å². The zero-order valence-electron chi connectivity index (χ0n) is 19.1. The summed E-state index contributed by atoms with van der Waals surface area (Å²) in [6, 6.07) is 10.9. The van der Waals surface area contributed by atoms with Crippen LogP contribution in [0.5, 0.6) is 11.5 Å². The molecule has 0 bridgehead atoms. The Labute approximate surface area is 211 Å². The van der Waals surface area contributed by atoms with Crippen molar-refractivity contribution >= 4 is 45.0 Å². The number of phenolic OH excluding ortho intramolecular Hbond substituents is 1. The quantitative estimate of drug-likeness (QED) is 0.468. The van der Waals surface area contributed by atoms with Crippen molar-refractivity contribution in [1.82, 2.24) is 0 Å². The van der Waals surface area contributed by atoms with Crippen molar-refractivity contribution in [3.05, 3.63) is 68.3 Å². The van der Waals surface area contributed by atoms with Gasteiger partial charge in [-0.15, -0.1) is 0 Å². The maximum atomic E-state index is 13.6. The Morgan fingerprint density at radius 2 is 1.88 bits per heavy atom. The molecule has 0 spiro atoms. The molecule has 2 aromatic rings. The molecule has 4 rings (SSSR count). The highest BCUT2D eigenvalue weighted by Crippen LogP contribution is 2.48.